The van der Waals surface area contributed by atoms with Crippen molar-refractivity contribution < 1.29 is 19.0 Å². The summed E-state index contributed by atoms with van der Waals surface area (Å²) in [5.74, 6) is 2.13. The van der Waals surface area contributed by atoms with Crippen LogP contribution >= 0.6 is 0 Å². The Bertz CT molecular complexity index is 790. The molecule has 5 heteroatoms. The van der Waals surface area contributed by atoms with Crippen LogP contribution in [0.25, 0.3) is 0 Å². The Labute approximate surface area is 153 Å². The highest BCUT2D eigenvalue weighted by Gasteiger charge is 2.71. The Morgan fingerprint density at radius 1 is 1.19 bits per heavy atom. The van der Waals surface area contributed by atoms with E-state index in [-0.39, 0.29) is 17.2 Å². The van der Waals surface area contributed by atoms with Crippen LogP contribution in [0.4, 0.5) is 0 Å². The highest BCUT2D eigenvalue weighted by atomic mass is 16.5. The lowest BCUT2D eigenvalue weighted by atomic mass is 9.67. The fraction of sp³-hybridized carbons (Fsp3) is 0.571. The van der Waals surface area contributed by atoms with Crippen LogP contribution in [-0.4, -0.2) is 43.9 Å². The standard InChI is InChI=1S/C21H25NO4/c1-24-17-5-4-14(12-18(17)25-2)15-13-19(23)22-10-3-7-20-8-6-16(15)21(20,22)26-11-9-20/h3-5,7,12,15-16H,6,8-11,13H2,1-2H3/t15-,16-,20-,21-/m0/s1. The number of hydrogen-bond acceptors (Lipinski definition) is 4. The summed E-state index contributed by atoms with van der Waals surface area (Å²) in [6.07, 6.45) is 8.26. The third-order valence-electron chi connectivity index (χ3n) is 7.13. The van der Waals surface area contributed by atoms with Gasteiger partial charge in [-0.25, -0.2) is 0 Å². The van der Waals surface area contributed by atoms with E-state index in [1.165, 1.54) is 0 Å². The first-order valence-corrected chi connectivity index (χ1v) is 9.49. The number of carbonyl (C=O) groups excluding carboxylic acids is 1. The average Bonchev–Trinajstić information content (AvgIpc) is 3.20. The molecule has 3 aliphatic heterocycles. The monoisotopic (exact) mass is 355 g/mol. The zero-order valence-corrected chi connectivity index (χ0v) is 15.4. The van der Waals surface area contributed by atoms with E-state index < -0.39 is 5.72 Å². The van der Waals surface area contributed by atoms with E-state index in [0.29, 0.717) is 18.9 Å². The molecule has 1 spiro atoms. The summed E-state index contributed by atoms with van der Waals surface area (Å²) >= 11 is 0. The van der Waals surface area contributed by atoms with Crippen molar-refractivity contribution in [2.24, 2.45) is 11.3 Å². The van der Waals surface area contributed by atoms with Gasteiger partial charge >= 0.3 is 0 Å². The Hall–Kier alpha value is -2.01. The van der Waals surface area contributed by atoms with Crippen molar-refractivity contribution in [1.82, 2.24) is 4.90 Å². The van der Waals surface area contributed by atoms with Crippen LogP contribution in [0, 0.1) is 11.3 Å². The van der Waals surface area contributed by atoms with Gasteiger partial charge in [-0.15, -0.1) is 0 Å². The molecule has 5 rings (SSSR count). The van der Waals surface area contributed by atoms with E-state index in [0.717, 1.165) is 42.9 Å². The molecule has 26 heavy (non-hydrogen) atoms. The maximum absolute atomic E-state index is 13.1. The molecule has 0 bridgehead atoms. The molecule has 1 aromatic carbocycles. The quantitative estimate of drug-likeness (QED) is 0.782. The molecule has 0 radical (unpaired) electrons. The molecule has 1 aromatic rings. The Morgan fingerprint density at radius 3 is 2.85 bits per heavy atom. The third-order valence-corrected chi connectivity index (χ3v) is 7.13. The van der Waals surface area contributed by atoms with Crippen LogP contribution in [0.3, 0.4) is 0 Å². The largest absolute Gasteiger partial charge is 0.493 e. The molecule has 1 aliphatic carbocycles. The molecule has 3 heterocycles. The summed E-state index contributed by atoms with van der Waals surface area (Å²) in [6, 6.07) is 6.07. The minimum Gasteiger partial charge on any atom is -0.493 e. The van der Waals surface area contributed by atoms with Gasteiger partial charge in [0.1, 0.15) is 0 Å². The molecular weight excluding hydrogens is 330 g/mol. The maximum atomic E-state index is 13.1. The zero-order chi connectivity index (χ0) is 17.9. The first kappa shape index (κ1) is 16.2. The summed E-state index contributed by atoms with van der Waals surface area (Å²) in [6.45, 7) is 1.42. The first-order valence-electron chi connectivity index (χ1n) is 9.49. The van der Waals surface area contributed by atoms with Crippen LogP contribution in [0.1, 0.15) is 37.2 Å². The van der Waals surface area contributed by atoms with Crippen LogP contribution in [-0.2, 0) is 9.53 Å². The summed E-state index contributed by atoms with van der Waals surface area (Å²) in [5.41, 5.74) is 0.700. The van der Waals surface area contributed by atoms with Gasteiger partial charge in [0, 0.05) is 30.2 Å². The van der Waals surface area contributed by atoms with Crippen molar-refractivity contribution in [2.45, 2.75) is 37.3 Å². The fourth-order valence-electron chi connectivity index (χ4n) is 6.09. The van der Waals surface area contributed by atoms with Crippen LogP contribution in [0.5, 0.6) is 11.5 Å². The van der Waals surface area contributed by atoms with Gasteiger partial charge in [0.25, 0.3) is 0 Å². The lowest BCUT2D eigenvalue weighted by molar-refractivity contribution is -0.207. The van der Waals surface area contributed by atoms with Gasteiger partial charge in [-0.1, -0.05) is 18.2 Å². The SMILES string of the molecule is COc1ccc([C@@H]2CC(=O)N3CC=C[C@]45CCO[C@]34[C@H]2CC5)cc1OC. The second kappa shape index (κ2) is 5.49. The second-order valence-electron chi connectivity index (χ2n) is 7.93. The van der Waals surface area contributed by atoms with E-state index in [9.17, 15) is 4.79 Å². The molecule has 0 aromatic heterocycles. The predicted octanol–water partition coefficient (Wildman–Crippen LogP) is 3.10. The highest BCUT2D eigenvalue weighted by Crippen LogP contribution is 2.66. The van der Waals surface area contributed by atoms with Crippen molar-refractivity contribution in [3.63, 3.8) is 0 Å². The number of benzene rings is 1. The Morgan fingerprint density at radius 2 is 2.04 bits per heavy atom. The molecule has 3 fully saturated rings. The second-order valence-corrected chi connectivity index (χ2v) is 7.93. The van der Waals surface area contributed by atoms with E-state index in [2.05, 4.69) is 18.2 Å². The Kier molecular flexibility index (Phi) is 3.42. The van der Waals surface area contributed by atoms with E-state index >= 15 is 0 Å². The minimum absolute atomic E-state index is 0.000797. The molecule has 1 saturated carbocycles. The van der Waals surface area contributed by atoms with Crippen LogP contribution in [0.2, 0.25) is 0 Å². The molecule has 138 valence electrons. The third kappa shape index (κ3) is 1.82. The lowest BCUT2D eigenvalue weighted by Gasteiger charge is -2.55. The van der Waals surface area contributed by atoms with Crippen molar-refractivity contribution in [2.75, 3.05) is 27.4 Å². The minimum atomic E-state index is -0.449. The van der Waals surface area contributed by atoms with Gasteiger partial charge in [0.05, 0.1) is 20.8 Å². The number of hydrogen-bond donors (Lipinski definition) is 0. The number of methoxy groups -OCH3 is 2. The number of piperidine rings is 1. The van der Waals surface area contributed by atoms with E-state index in [1.54, 1.807) is 14.2 Å². The van der Waals surface area contributed by atoms with Crippen molar-refractivity contribution in [1.29, 1.82) is 0 Å². The molecule has 4 aliphatic rings. The summed E-state index contributed by atoms with van der Waals surface area (Å²) < 4.78 is 17.3. The molecule has 4 atom stereocenters. The van der Waals surface area contributed by atoms with E-state index in [4.69, 9.17) is 14.2 Å². The molecule has 0 N–H and O–H groups in total. The van der Waals surface area contributed by atoms with Crippen LogP contribution < -0.4 is 9.47 Å². The smallest absolute Gasteiger partial charge is 0.225 e. The first-order chi connectivity index (χ1) is 12.6. The van der Waals surface area contributed by atoms with Gasteiger partial charge in [-0.3, -0.25) is 4.79 Å². The summed E-state index contributed by atoms with van der Waals surface area (Å²) in [7, 11) is 3.30. The van der Waals surface area contributed by atoms with Gasteiger partial charge in [-0.05, 0) is 37.0 Å². The zero-order valence-electron chi connectivity index (χ0n) is 15.4. The molecular formula is C21H25NO4. The summed E-state index contributed by atoms with van der Waals surface area (Å²) in [4.78, 5) is 15.1. The topological polar surface area (TPSA) is 48.0 Å². The number of amides is 1. The van der Waals surface area contributed by atoms with E-state index in [1.807, 2.05) is 17.0 Å². The van der Waals surface area contributed by atoms with Gasteiger partial charge in [0.15, 0.2) is 17.2 Å². The normalized spacial score (nSPS) is 37.5. The molecule has 2 saturated heterocycles. The average molecular weight is 355 g/mol. The number of rotatable bonds is 3. The molecule has 5 nitrogen and oxygen atoms in total. The van der Waals surface area contributed by atoms with Crippen molar-refractivity contribution in [3.05, 3.63) is 35.9 Å². The summed E-state index contributed by atoms with van der Waals surface area (Å²) in [5, 5.41) is 0. The number of carbonyl (C=O) groups is 1. The lowest BCUT2D eigenvalue weighted by Crippen LogP contribution is -2.66. The fourth-order valence-corrected chi connectivity index (χ4v) is 6.09. The van der Waals surface area contributed by atoms with Gasteiger partial charge < -0.3 is 19.1 Å². The number of ether oxygens (including phenoxy) is 3. The molecule has 0 unspecified atom stereocenters. The Balaban J connectivity index is 1.61. The van der Waals surface area contributed by atoms with Crippen molar-refractivity contribution in [3.8, 4) is 11.5 Å². The van der Waals surface area contributed by atoms with Crippen LogP contribution in [0.15, 0.2) is 30.4 Å². The van der Waals surface area contributed by atoms with Crippen molar-refractivity contribution >= 4 is 5.91 Å². The number of nitrogens with zero attached hydrogens (tertiary/aromatic N) is 1. The predicted molar refractivity (Wildman–Crippen MR) is 96.2 cm³/mol. The highest BCUT2D eigenvalue weighted by molar-refractivity contribution is 5.80. The van der Waals surface area contributed by atoms with Gasteiger partial charge in [0.2, 0.25) is 5.91 Å². The maximum Gasteiger partial charge on any atom is 0.225 e. The van der Waals surface area contributed by atoms with Gasteiger partial charge in [-0.2, -0.15) is 0 Å². The molecule has 1 amide bonds.